The first-order chi connectivity index (χ1) is 10.3. The minimum absolute atomic E-state index is 0.558. The molecule has 3 rings (SSSR count). The summed E-state index contributed by atoms with van der Waals surface area (Å²) in [5.74, 6) is 0.935. The molecule has 4 atom stereocenters. The summed E-state index contributed by atoms with van der Waals surface area (Å²) in [6.07, 6.45) is 8.35. The van der Waals surface area contributed by atoms with Crippen molar-refractivity contribution in [2.24, 2.45) is 5.92 Å². The number of hydrogen-bond acceptors (Lipinski definition) is 2. The highest BCUT2D eigenvalue weighted by Gasteiger charge is 2.32. The summed E-state index contributed by atoms with van der Waals surface area (Å²) in [6.45, 7) is 5.74. The van der Waals surface area contributed by atoms with Crippen molar-refractivity contribution < 1.29 is 0 Å². The first-order valence-electron chi connectivity index (χ1n) is 8.74. The summed E-state index contributed by atoms with van der Waals surface area (Å²) in [6, 6.07) is 9.63. The predicted octanol–water partition coefficient (Wildman–Crippen LogP) is 4.96. The zero-order valence-electron chi connectivity index (χ0n) is 13.5. The van der Waals surface area contributed by atoms with Crippen LogP contribution in [-0.2, 0) is 6.42 Å². The predicted molar refractivity (Wildman–Crippen MR) is 94.0 cm³/mol. The van der Waals surface area contributed by atoms with E-state index in [0.717, 1.165) is 23.0 Å². The molecule has 1 aromatic carbocycles. The SMILES string of the molecule is CCNC1c2ccccc2CCC1SC1CCCC(C)C1. The van der Waals surface area contributed by atoms with Gasteiger partial charge in [-0.1, -0.05) is 51.0 Å². The molecule has 0 amide bonds. The molecular formula is C19H29NS. The number of nitrogens with one attached hydrogen (secondary N) is 1. The van der Waals surface area contributed by atoms with Crippen molar-refractivity contribution in [3.8, 4) is 0 Å². The van der Waals surface area contributed by atoms with Crippen molar-refractivity contribution in [2.45, 2.75) is 68.9 Å². The number of benzene rings is 1. The second-order valence-electron chi connectivity index (χ2n) is 6.84. The molecule has 2 aliphatic carbocycles. The average molecular weight is 304 g/mol. The van der Waals surface area contributed by atoms with E-state index >= 15 is 0 Å². The fourth-order valence-electron chi connectivity index (χ4n) is 4.09. The Morgan fingerprint density at radius 1 is 1.19 bits per heavy atom. The molecule has 0 heterocycles. The van der Waals surface area contributed by atoms with Crippen LogP contribution >= 0.6 is 11.8 Å². The molecule has 4 unspecified atom stereocenters. The number of hydrogen-bond donors (Lipinski definition) is 1. The summed E-state index contributed by atoms with van der Waals surface area (Å²) >= 11 is 2.29. The van der Waals surface area contributed by atoms with Gasteiger partial charge in [-0.15, -0.1) is 0 Å². The highest BCUT2D eigenvalue weighted by Crippen LogP contribution is 2.42. The van der Waals surface area contributed by atoms with E-state index in [4.69, 9.17) is 0 Å². The Bertz CT molecular complexity index is 459. The lowest BCUT2D eigenvalue weighted by molar-refractivity contribution is 0.391. The zero-order chi connectivity index (χ0) is 14.7. The van der Waals surface area contributed by atoms with Gasteiger partial charge in [0, 0.05) is 16.5 Å². The van der Waals surface area contributed by atoms with Crippen LogP contribution in [0.25, 0.3) is 0 Å². The van der Waals surface area contributed by atoms with E-state index < -0.39 is 0 Å². The molecule has 2 aliphatic rings. The van der Waals surface area contributed by atoms with Gasteiger partial charge in [0.2, 0.25) is 0 Å². The van der Waals surface area contributed by atoms with Crippen molar-refractivity contribution in [3.63, 3.8) is 0 Å². The van der Waals surface area contributed by atoms with Crippen LogP contribution in [0.1, 0.15) is 63.1 Å². The van der Waals surface area contributed by atoms with Crippen LogP contribution in [0.4, 0.5) is 0 Å². The normalized spacial score (nSPS) is 32.7. The van der Waals surface area contributed by atoms with E-state index in [1.807, 2.05) is 0 Å². The van der Waals surface area contributed by atoms with Gasteiger partial charge < -0.3 is 5.32 Å². The maximum atomic E-state index is 3.77. The van der Waals surface area contributed by atoms with Crippen LogP contribution in [-0.4, -0.2) is 17.0 Å². The Morgan fingerprint density at radius 3 is 2.86 bits per heavy atom. The third kappa shape index (κ3) is 3.65. The van der Waals surface area contributed by atoms with Crippen molar-refractivity contribution in [3.05, 3.63) is 35.4 Å². The van der Waals surface area contributed by atoms with E-state index in [2.05, 4.69) is 55.2 Å². The van der Waals surface area contributed by atoms with Gasteiger partial charge in [0.05, 0.1) is 0 Å². The maximum Gasteiger partial charge on any atom is 0.0443 e. The minimum Gasteiger partial charge on any atom is -0.309 e. The lowest BCUT2D eigenvalue weighted by Gasteiger charge is -2.37. The van der Waals surface area contributed by atoms with E-state index in [-0.39, 0.29) is 0 Å². The topological polar surface area (TPSA) is 12.0 Å². The molecule has 0 saturated heterocycles. The van der Waals surface area contributed by atoms with E-state index in [9.17, 15) is 0 Å². The molecule has 0 bridgehead atoms. The zero-order valence-corrected chi connectivity index (χ0v) is 14.3. The van der Waals surface area contributed by atoms with Gasteiger partial charge >= 0.3 is 0 Å². The van der Waals surface area contributed by atoms with Crippen molar-refractivity contribution >= 4 is 11.8 Å². The summed E-state index contributed by atoms with van der Waals surface area (Å²) in [5, 5.41) is 5.42. The van der Waals surface area contributed by atoms with Crippen LogP contribution < -0.4 is 5.32 Å². The van der Waals surface area contributed by atoms with Crippen LogP contribution in [0.15, 0.2) is 24.3 Å². The molecule has 1 aromatic rings. The van der Waals surface area contributed by atoms with Gasteiger partial charge in [0.25, 0.3) is 0 Å². The molecule has 116 valence electrons. The first kappa shape index (κ1) is 15.4. The molecule has 0 aromatic heterocycles. The summed E-state index contributed by atoms with van der Waals surface area (Å²) in [4.78, 5) is 0. The highest BCUT2D eigenvalue weighted by molar-refractivity contribution is 8.00. The molecule has 1 saturated carbocycles. The van der Waals surface area contributed by atoms with Crippen LogP contribution in [0.5, 0.6) is 0 Å². The van der Waals surface area contributed by atoms with E-state index in [1.165, 1.54) is 38.5 Å². The molecule has 1 fully saturated rings. The fourth-order valence-corrected chi connectivity index (χ4v) is 5.98. The van der Waals surface area contributed by atoms with Gasteiger partial charge in [0.1, 0.15) is 0 Å². The van der Waals surface area contributed by atoms with E-state index in [0.29, 0.717) is 6.04 Å². The monoisotopic (exact) mass is 303 g/mol. The second kappa shape index (κ2) is 7.19. The molecule has 0 radical (unpaired) electrons. The Balaban J connectivity index is 1.72. The van der Waals surface area contributed by atoms with Crippen LogP contribution in [0.3, 0.4) is 0 Å². The minimum atomic E-state index is 0.558. The number of rotatable bonds is 4. The first-order valence-corrected chi connectivity index (χ1v) is 9.69. The fraction of sp³-hybridized carbons (Fsp3) is 0.684. The largest absolute Gasteiger partial charge is 0.309 e. The van der Waals surface area contributed by atoms with Crippen molar-refractivity contribution in [2.75, 3.05) is 6.54 Å². The quantitative estimate of drug-likeness (QED) is 0.843. The van der Waals surface area contributed by atoms with Gasteiger partial charge in [-0.05, 0) is 49.3 Å². The molecule has 21 heavy (non-hydrogen) atoms. The Labute approximate surface area is 134 Å². The lowest BCUT2D eigenvalue weighted by Crippen LogP contribution is -2.35. The summed E-state index contributed by atoms with van der Waals surface area (Å²) in [5.41, 5.74) is 3.13. The maximum absolute atomic E-state index is 3.77. The number of aryl methyl sites for hydroxylation is 1. The van der Waals surface area contributed by atoms with Gasteiger partial charge in [-0.3, -0.25) is 0 Å². The smallest absolute Gasteiger partial charge is 0.0443 e. The van der Waals surface area contributed by atoms with Crippen molar-refractivity contribution in [1.29, 1.82) is 0 Å². The molecule has 2 heteroatoms. The molecule has 0 spiro atoms. The number of thioether (sulfide) groups is 1. The van der Waals surface area contributed by atoms with E-state index in [1.54, 1.807) is 11.1 Å². The molecular weight excluding hydrogens is 274 g/mol. The standard InChI is InChI=1S/C19H29NS/c1-3-20-19-17-10-5-4-8-15(17)11-12-18(19)21-16-9-6-7-14(2)13-16/h4-5,8,10,14,16,18-20H,3,6-7,9,11-13H2,1-2H3. The third-order valence-corrected chi connectivity index (χ3v) is 6.81. The summed E-state index contributed by atoms with van der Waals surface area (Å²) < 4.78 is 0. The van der Waals surface area contributed by atoms with Gasteiger partial charge in [-0.25, -0.2) is 0 Å². The molecule has 1 nitrogen and oxygen atoms in total. The molecule has 1 N–H and O–H groups in total. The summed E-state index contributed by atoms with van der Waals surface area (Å²) in [7, 11) is 0. The highest BCUT2D eigenvalue weighted by atomic mass is 32.2. The van der Waals surface area contributed by atoms with Gasteiger partial charge in [0.15, 0.2) is 0 Å². The Morgan fingerprint density at radius 2 is 2.05 bits per heavy atom. The van der Waals surface area contributed by atoms with Crippen LogP contribution in [0.2, 0.25) is 0 Å². The number of fused-ring (bicyclic) bond motifs is 1. The van der Waals surface area contributed by atoms with Crippen molar-refractivity contribution in [1.82, 2.24) is 5.32 Å². The molecule has 0 aliphatic heterocycles. The Hall–Kier alpha value is -0.470. The average Bonchev–Trinajstić information content (AvgIpc) is 2.50. The second-order valence-corrected chi connectivity index (χ2v) is 8.39. The third-order valence-electron chi connectivity index (χ3n) is 5.14. The van der Waals surface area contributed by atoms with Gasteiger partial charge in [-0.2, -0.15) is 11.8 Å². The Kier molecular flexibility index (Phi) is 5.29. The lowest BCUT2D eigenvalue weighted by atomic mass is 9.87. The van der Waals surface area contributed by atoms with Crippen LogP contribution in [0, 0.1) is 5.92 Å².